The first-order valence-electron chi connectivity index (χ1n) is 2.58. The maximum atomic E-state index is 8.03. The van der Waals surface area contributed by atoms with E-state index >= 15 is 0 Å². The van der Waals surface area contributed by atoms with Crippen LogP contribution in [-0.4, -0.2) is 0 Å². The van der Waals surface area contributed by atoms with Gasteiger partial charge in [0.1, 0.15) is 5.22 Å². The van der Waals surface area contributed by atoms with E-state index in [9.17, 15) is 0 Å². The Morgan fingerprint density at radius 2 is 1.89 bits per heavy atom. The Morgan fingerprint density at radius 1 is 1.22 bits per heavy atom. The Balaban J connectivity index is 2.72. The summed E-state index contributed by atoms with van der Waals surface area (Å²) >= 11 is 0. The molecule has 0 aliphatic rings. The van der Waals surface area contributed by atoms with Crippen LogP contribution < -0.4 is 10.6 Å². The molecule has 1 radical (unpaired) electrons. The zero-order valence-corrected chi connectivity index (χ0v) is 4.78. The maximum Gasteiger partial charge on any atom is 0.131 e. The molecule has 45 valence electrons. The molecule has 0 unspecified atom stereocenters. The molecule has 1 aromatic rings. The van der Waals surface area contributed by atoms with Crippen LogP contribution in [0.3, 0.4) is 0 Å². The molecule has 0 saturated carbocycles. The van der Waals surface area contributed by atoms with Crippen molar-refractivity contribution in [3.8, 4) is 0 Å². The number of anilines is 1. The molecule has 0 aliphatic carbocycles. The number of rotatable bonds is 2. The summed E-state index contributed by atoms with van der Waals surface area (Å²) in [6.45, 7) is 0. The standard InChI is InChI=1S/C6H6N3/c7-9-8-6-4-2-1-3-5-6/h1-5H,(H-,7,8). The Hall–Kier alpha value is -1.38. The molecular weight excluding hydrogens is 114 g/mol. The highest BCUT2D eigenvalue weighted by molar-refractivity contribution is 5.40. The van der Waals surface area contributed by atoms with Gasteiger partial charge in [0, 0.05) is 5.69 Å². The van der Waals surface area contributed by atoms with Gasteiger partial charge in [-0.2, -0.15) is 5.43 Å². The number of para-hydroxylation sites is 1. The summed E-state index contributed by atoms with van der Waals surface area (Å²) in [7, 11) is 0. The van der Waals surface area contributed by atoms with E-state index < -0.39 is 0 Å². The molecule has 0 amide bonds. The minimum atomic E-state index is 0.778. The average molecular weight is 120 g/mol. The minimum Gasteiger partial charge on any atom is -0.198 e. The summed E-state index contributed by atoms with van der Waals surface area (Å²) in [6, 6.07) is 9.21. The summed E-state index contributed by atoms with van der Waals surface area (Å²) in [5.41, 5.74) is 11.2. The van der Waals surface area contributed by atoms with Crippen molar-refractivity contribution in [1.29, 1.82) is 0 Å². The van der Waals surface area contributed by atoms with Crippen molar-refractivity contribution in [2.75, 3.05) is 5.43 Å². The van der Waals surface area contributed by atoms with E-state index in [1.165, 1.54) is 0 Å². The first kappa shape index (κ1) is 5.75. The predicted octanol–water partition coefficient (Wildman–Crippen LogP) is 1.37. The molecule has 0 fully saturated rings. The second-order valence-electron chi connectivity index (χ2n) is 1.58. The van der Waals surface area contributed by atoms with E-state index in [2.05, 4.69) is 10.6 Å². The lowest BCUT2D eigenvalue weighted by Gasteiger charge is -1.91. The molecule has 0 heterocycles. The topological polar surface area (TPSA) is 48.4 Å². The lowest BCUT2D eigenvalue weighted by Crippen LogP contribution is -1.95. The fourth-order valence-electron chi connectivity index (χ4n) is 0.570. The maximum absolute atomic E-state index is 8.03. The van der Waals surface area contributed by atoms with Gasteiger partial charge in [-0.1, -0.05) is 35.9 Å². The molecule has 0 aromatic heterocycles. The zero-order chi connectivity index (χ0) is 6.53. The lowest BCUT2D eigenvalue weighted by molar-refractivity contribution is 1.17. The van der Waals surface area contributed by atoms with Crippen LogP contribution in [0.1, 0.15) is 0 Å². The molecular formula is C6H6N3. The molecule has 1 N–H and O–H groups in total. The molecule has 0 saturated heterocycles. The van der Waals surface area contributed by atoms with Crippen LogP contribution in [0.25, 0.3) is 5.53 Å². The Kier molecular flexibility index (Phi) is 1.80. The van der Waals surface area contributed by atoms with Gasteiger partial charge in [0.25, 0.3) is 0 Å². The quantitative estimate of drug-likeness (QED) is 0.465. The van der Waals surface area contributed by atoms with Gasteiger partial charge in [0.05, 0.1) is 0 Å². The molecule has 1 aromatic carbocycles. The molecule has 1 rings (SSSR count). The van der Waals surface area contributed by atoms with Crippen molar-refractivity contribution in [3.63, 3.8) is 0 Å². The minimum absolute atomic E-state index is 0.778. The SMILES string of the molecule is [N-]=[N+]Nc1ccccc1. The third-order valence-corrected chi connectivity index (χ3v) is 0.953. The number of benzene rings is 1. The summed E-state index contributed by atoms with van der Waals surface area (Å²) in [5, 5.41) is 2.76. The molecule has 3 heteroatoms. The first-order chi connectivity index (χ1) is 4.43. The monoisotopic (exact) mass is 120 g/mol. The van der Waals surface area contributed by atoms with E-state index in [1.54, 1.807) is 12.1 Å². The van der Waals surface area contributed by atoms with Crippen LogP contribution in [0.15, 0.2) is 30.3 Å². The lowest BCUT2D eigenvalue weighted by atomic mass is 10.3. The van der Waals surface area contributed by atoms with Gasteiger partial charge in [-0.05, 0) is 0 Å². The van der Waals surface area contributed by atoms with Crippen LogP contribution in [0.2, 0.25) is 0 Å². The van der Waals surface area contributed by atoms with E-state index in [1.807, 2.05) is 18.2 Å². The van der Waals surface area contributed by atoms with Gasteiger partial charge in [0.15, 0.2) is 0 Å². The first-order valence-corrected chi connectivity index (χ1v) is 2.58. The summed E-state index contributed by atoms with van der Waals surface area (Å²) in [6.07, 6.45) is 0. The Morgan fingerprint density at radius 3 is 2.44 bits per heavy atom. The molecule has 0 bridgehead atoms. The average Bonchev–Trinajstić information content (AvgIpc) is 1.91. The van der Waals surface area contributed by atoms with Crippen molar-refractivity contribution >= 4 is 5.69 Å². The van der Waals surface area contributed by atoms with E-state index in [0.29, 0.717) is 0 Å². The Labute approximate surface area is 53.2 Å². The fraction of sp³-hybridized carbons (Fsp3) is 0. The highest BCUT2D eigenvalue weighted by Gasteiger charge is 1.82. The van der Waals surface area contributed by atoms with Gasteiger partial charge in [0.2, 0.25) is 0 Å². The normalized spacial score (nSPS) is 8.44. The molecule has 3 nitrogen and oxygen atoms in total. The fourth-order valence-corrected chi connectivity index (χ4v) is 0.570. The summed E-state index contributed by atoms with van der Waals surface area (Å²) in [5.74, 6) is 0. The Bertz CT molecular complexity index is 183. The molecule has 0 aliphatic heterocycles. The van der Waals surface area contributed by atoms with Crippen molar-refractivity contribution in [1.82, 2.24) is 5.22 Å². The van der Waals surface area contributed by atoms with Crippen molar-refractivity contribution < 1.29 is 0 Å². The van der Waals surface area contributed by atoms with Gasteiger partial charge in [-0.25, -0.2) is 0 Å². The molecule has 0 spiro atoms. The predicted molar refractivity (Wildman–Crippen MR) is 35.6 cm³/mol. The summed E-state index contributed by atoms with van der Waals surface area (Å²) < 4.78 is 0. The van der Waals surface area contributed by atoms with Gasteiger partial charge >= 0.3 is 0 Å². The van der Waals surface area contributed by atoms with Gasteiger partial charge in [-0.3, -0.25) is 0 Å². The number of nitrogens with one attached hydrogen (secondary N) is 1. The van der Waals surface area contributed by atoms with Crippen LogP contribution >= 0.6 is 0 Å². The zero-order valence-electron chi connectivity index (χ0n) is 4.78. The van der Waals surface area contributed by atoms with Crippen LogP contribution in [0, 0.1) is 0 Å². The molecule has 0 atom stereocenters. The van der Waals surface area contributed by atoms with Crippen molar-refractivity contribution in [3.05, 3.63) is 35.9 Å². The number of hydrogen-bond acceptors (Lipinski definition) is 1. The molecule has 9 heavy (non-hydrogen) atoms. The van der Waals surface area contributed by atoms with Crippen molar-refractivity contribution in [2.45, 2.75) is 0 Å². The van der Waals surface area contributed by atoms with E-state index in [-0.39, 0.29) is 0 Å². The largest absolute Gasteiger partial charge is 0.198 e. The highest BCUT2D eigenvalue weighted by atomic mass is 15.4. The number of nitrogens with zero attached hydrogens (tertiary/aromatic N) is 2. The second kappa shape index (κ2) is 2.81. The second-order valence-corrected chi connectivity index (χ2v) is 1.58. The van der Waals surface area contributed by atoms with Gasteiger partial charge in [-0.15, -0.1) is 0 Å². The third-order valence-electron chi connectivity index (χ3n) is 0.953. The third kappa shape index (κ3) is 1.53. The van der Waals surface area contributed by atoms with E-state index in [0.717, 1.165) is 5.69 Å². The van der Waals surface area contributed by atoms with Crippen LogP contribution in [-0.2, 0) is 0 Å². The highest BCUT2D eigenvalue weighted by Crippen LogP contribution is 2.01. The van der Waals surface area contributed by atoms with Crippen molar-refractivity contribution in [2.24, 2.45) is 0 Å². The van der Waals surface area contributed by atoms with Gasteiger partial charge < -0.3 is 0 Å². The van der Waals surface area contributed by atoms with Crippen LogP contribution in [0.4, 0.5) is 5.69 Å². The summed E-state index contributed by atoms with van der Waals surface area (Å²) in [4.78, 5) is 0. The van der Waals surface area contributed by atoms with Crippen LogP contribution in [0.5, 0.6) is 0 Å². The number of hydrogen-bond donors (Lipinski definition) is 1. The smallest absolute Gasteiger partial charge is 0.131 e. The van der Waals surface area contributed by atoms with E-state index in [4.69, 9.17) is 5.53 Å².